The number of carbonyl (C=O) groups excluding carboxylic acids is 1. The summed E-state index contributed by atoms with van der Waals surface area (Å²) in [5.41, 5.74) is 5.28. The largest absolute Gasteiger partial charge is 0.485 e. The van der Waals surface area contributed by atoms with E-state index in [9.17, 15) is 4.79 Å². The van der Waals surface area contributed by atoms with E-state index in [-0.39, 0.29) is 12.4 Å². The summed E-state index contributed by atoms with van der Waals surface area (Å²) in [7, 11) is 0. The Kier molecular flexibility index (Phi) is 3.68. The number of hydrogen-bond acceptors (Lipinski definition) is 3. The number of aryl methyl sites for hydroxylation is 1. The zero-order chi connectivity index (χ0) is 17.8. The molecule has 0 amide bonds. The first-order chi connectivity index (χ1) is 11.9. The lowest BCUT2D eigenvalue weighted by atomic mass is 9.84. The van der Waals surface area contributed by atoms with Crippen molar-refractivity contribution in [3.05, 3.63) is 40.6 Å². The van der Waals surface area contributed by atoms with Crippen LogP contribution in [-0.2, 0) is 11.2 Å². The second kappa shape index (κ2) is 5.66. The fraction of sp³-hybridized carbons (Fsp3) is 0.500. The van der Waals surface area contributed by atoms with Crippen molar-refractivity contribution in [3.63, 3.8) is 0 Å². The molecule has 1 fully saturated rings. The van der Waals surface area contributed by atoms with Crippen LogP contribution in [-0.4, -0.2) is 18.4 Å². The first-order valence-corrected chi connectivity index (χ1v) is 9.08. The third kappa shape index (κ3) is 2.74. The van der Waals surface area contributed by atoms with Crippen molar-refractivity contribution in [2.75, 3.05) is 6.61 Å². The monoisotopic (exact) mass is 335 g/mol. The molecule has 1 aromatic rings. The van der Waals surface area contributed by atoms with Gasteiger partial charge in [0, 0.05) is 17.5 Å². The number of hydrogen-bond donors (Lipinski definition) is 1. The molecule has 0 saturated heterocycles. The molecule has 0 radical (unpaired) electrons. The van der Waals surface area contributed by atoms with Crippen LogP contribution in [0.15, 0.2) is 23.9 Å². The van der Waals surface area contributed by atoms with Gasteiger partial charge in [-0.15, -0.1) is 6.42 Å². The molecule has 1 N–H and O–H groups in total. The van der Waals surface area contributed by atoms with Crippen LogP contribution in [0.25, 0.3) is 0 Å². The van der Waals surface area contributed by atoms with Gasteiger partial charge in [-0.3, -0.25) is 4.79 Å². The van der Waals surface area contributed by atoms with E-state index in [2.05, 4.69) is 44.3 Å². The summed E-state index contributed by atoms with van der Waals surface area (Å²) in [6.45, 7) is 6.90. The summed E-state index contributed by atoms with van der Waals surface area (Å²) < 4.78 is 5.60. The van der Waals surface area contributed by atoms with Crippen LogP contribution in [0.5, 0.6) is 5.75 Å². The smallest absolute Gasteiger partial charge is 0.189 e. The number of ether oxygens (including phenoxy) is 1. The molecular weight excluding hydrogens is 310 g/mol. The van der Waals surface area contributed by atoms with E-state index >= 15 is 0 Å². The summed E-state index contributed by atoms with van der Waals surface area (Å²) >= 11 is 0. The van der Waals surface area contributed by atoms with E-state index in [4.69, 9.17) is 11.2 Å². The molecular formula is C22H25NO2. The number of carbonyl (C=O) groups is 1. The number of rotatable bonds is 2. The Balaban J connectivity index is 1.61. The highest BCUT2D eigenvalue weighted by Gasteiger charge is 2.42. The molecule has 130 valence electrons. The van der Waals surface area contributed by atoms with E-state index in [0.29, 0.717) is 17.4 Å². The van der Waals surface area contributed by atoms with Gasteiger partial charge < -0.3 is 10.1 Å². The number of nitrogens with one attached hydrogen (secondary N) is 1. The maximum absolute atomic E-state index is 12.1. The Morgan fingerprint density at radius 3 is 2.96 bits per heavy atom. The zero-order valence-corrected chi connectivity index (χ0v) is 15.2. The number of fused-ring (bicyclic) bond motifs is 2. The normalized spacial score (nSPS) is 29.1. The molecule has 3 aliphatic rings. The molecule has 3 unspecified atom stereocenters. The fourth-order valence-electron chi connectivity index (χ4n) is 4.71. The van der Waals surface area contributed by atoms with E-state index in [1.54, 1.807) is 5.57 Å². The van der Waals surface area contributed by atoms with Gasteiger partial charge in [-0.25, -0.2) is 0 Å². The average molecular weight is 335 g/mol. The molecule has 0 aromatic heterocycles. The van der Waals surface area contributed by atoms with Crippen LogP contribution in [0.2, 0.25) is 0 Å². The molecule has 2 heterocycles. The van der Waals surface area contributed by atoms with Gasteiger partial charge in [-0.1, -0.05) is 25.8 Å². The Morgan fingerprint density at radius 1 is 1.40 bits per heavy atom. The maximum atomic E-state index is 12.1. The van der Waals surface area contributed by atoms with E-state index in [0.717, 1.165) is 17.7 Å². The highest BCUT2D eigenvalue weighted by molar-refractivity contribution is 5.92. The zero-order valence-electron chi connectivity index (χ0n) is 15.2. The quantitative estimate of drug-likeness (QED) is 0.841. The Labute approximate surface area is 149 Å². The van der Waals surface area contributed by atoms with Crippen molar-refractivity contribution < 1.29 is 9.53 Å². The topological polar surface area (TPSA) is 38.3 Å². The summed E-state index contributed by atoms with van der Waals surface area (Å²) in [5.74, 6) is 3.53. The number of ketones is 1. The summed E-state index contributed by atoms with van der Waals surface area (Å²) in [4.78, 5) is 12.1. The molecule has 3 nitrogen and oxygen atoms in total. The van der Waals surface area contributed by atoms with Crippen molar-refractivity contribution in [2.45, 2.75) is 52.0 Å². The Morgan fingerprint density at radius 2 is 2.20 bits per heavy atom. The SMILES string of the molecule is C#CC1C(=O)COc2cc(C)c(CC3NC=C4CC(C)(C)CC43)cc21. The van der Waals surface area contributed by atoms with Crippen molar-refractivity contribution in [3.8, 4) is 18.1 Å². The highest BCUT2D eigenvalue weighted by atomic mass is 16.5. The molecule has 2 aliphatic heterocycles. The number of Topliss-reactive ketones (excluding diaryl/α,β-unsaturated/α-hetero) is 1. The maximum Gasteiger partial charge on any atom is 0.189 e. The summed E-state index contributed by atoms with van der Waals surface area (Å²) in [6, 6.07) is 4.58. The van der Waals surface area contributed by atoms with Crippen molar-refractivity contribution >= 4 is 5.78 Å². The van der Waals surface area contributed by atoms with Gasteiger partial charge in [0.15, 0.2) is 5.78 Å². The lowest BCUT2D eigenvalue weighted by molar-refractivity contribution is -0.122. The van der Waals surface area contributed by atoms with Crippen molar-refractivity contribution in [1.82, 2.24) is 5.32 Å². The third-order valence-electron chi connectivity index (χ3n) is 5.98. The van der Waals surface area contributed by atoms with E-state index in [1.165, 1.54) is 24.0 Å². The lowest BCUT2D eigenvalue weighted by Gasteiger charge is -2.26. The minimum Gasteiger partial charge on any atom is -0.485 e. The van der Waals surface area contributed by atoms with Crippen molar-refractivity contribution in [1.29, 1.82) is 0 Å². The average Bonchev–Trinajstić information content (AvgIpc) is 3.04. The molecule has 1 saturated carbocycles. The Bertz CT molecular complexity index is 812. The first kappa shape index (κ1) is 16.3. The molecule has 1 aromatic carbocycles. The highest BCUT2D eigenvalue weighted by Crippen LogP contribution is 2.48. The first-order valence-electron chi connectivity index (χ1n) is 9.08. The second-order valence-electron chi connectivity index (χ2n) is 8.52. The molecule has 25 heavy (non-hydrogen) atoms. The van der Waals surface area contributed by atoms with Crippen LogP contribution in [0, 0.1) is 30.6 Å². The lowest BCUT2D eigenvalue weighted by Crippen LogP contribution is -2.31. The van der Waals surface area contributed by atoms with Crippen LogP contribution >= 0.6 is 0 Å². The van der Waals surface area contributed by atoms with Gasteiger partial charge >= 0.3 is 0 Å². The minimum atomic E-state index is -0.473. The van der Waals surface area contributed by atoms with Crippen LogP contribution in [0.3, 0.4) is 0 Å². The summed E-state index contributed by atoms with van der Waals surface area (Å²) in [5, 5.41) is 3.59. The van der Waals surface area contributed by atoms with Gasteiger partial charge in [0.25, 0.3) is 0 Å². The number of benzene rings is 1. The van der Waals surface area contributed by atoms with Crippen LogP contribution in [0.1, 0.15) is 49.3 Å². The molecule has 3 atom stereocenters. The van der Waals surface area contributed by atoms with Gasteiger partial charge in [0.2, 0.25) is 0 Å². The Hall–Kier alpha value is -2.21. The van der Waals surface area contributed by atoms with Crippen LogP contribution < -0.4 is 10.1 Å². The predicted molar refractivity (Wildman–Crippen MR) is 98.5 cm³/mol. The van der Waals surface area contributed by atoms with Gasteiger partial charge in [0.1, 0.15) is 18.3 Å². The minimum absolute atomic E-state index is 0.0229. The molecule has 1 aliphatic carbocycles. The number of terminal acetylenes is 1. The van der Waals surface area contributed by atoms with Crippen molar-refractivity contribution in [2.24, 2.45) is 11.3 Å². The third-order valence-corrected chi connectivity index (χ3v) is 5.98. The van der Waals surface area contributed by atoms with Gasteiger partial charge in [-0.2, -0.15) is 0 Å². The second-order valence-corrected chi connectivity index (χ2v) is 8.52. The van der Waals surface area contributed by atoms with Gasteiger partial charge in [0.05, 0.1) is 0 Å². The molecule has 3 heteroatoms. The fourth-order valence-corrected chi connectivity index (χ4v) is 4.71. The standard InChI is InChI=1S/C22H25NO2/c1-5-16-17-7-14(13(2)6-21(17)25-12-20(16)24)8-19-18-10-22(3,4)9-15(18)11-23-19/h1,6-7,11,16,18-19,23H,8-10,12H2,2-4H3. The predicted octanol–water partition coefficient (Wildman–Crippen LogP) is 3.51. The summed E-state index contributed by atoms with van der Waals surface area (Å²) in [6.07, 6.45) is 11.2. The molecule has 4 rings (SSSR count). The molecule has 0 bridgehead atoms. The van der Waals surface area contributed by atoms with Crippen LogP contribution in [0.4, 0.5) is 0 Å². The van der Waals surface area contributed by atoms with E-state index in [1.807, 2.05) is 6.07 Å². The molecule has 0 spiro atoms. The van der Waals surface area contributed by atoms with E-state index < -0.39 is 5.92 Å². The van der Waals surface area contributed by atoms with Gasteiger partial charge in [-0.05, 0) is 60.6 Å².